The molecule has 1 aromatic rings. The van der Waals surface area contributed by atoms with Crippen LogP contribution in [0.2, 0.25) is 5.02 Å². The molecule has 0 bridgehead atoms. The topological polar surface area (TPSA) is 78.5 Å². The highest BCUT2D eigenvalue weighted by Crippen LogP contribution is 2.32. The van der Waals surface area contributed by atoms with Gasteiger partial charge in [0, 0.05) is 5.02 Å². The molecule has 0 unspecified atom stereocenters. The molecule has 1 saturated carbocycles. The van der Waals surface area contributed by atoms with E-state index >= 15 is 0 Å². The Labute approximate surface area is 149 Å². The Balaban J connectivity index is 1.69. The number of nitrogens with zero attached hydrogens (tertiary/aromatic N) is 1. The first kappa shape index (κ1) is 17.7. The number of rotatable bonds is 3. The standard InChI is InChI=1S/C17H19ClFN3O3/c18-11-5-6-12(19)13(9-11)20-14(23)10-22-15(24)17(21-16(22)25)7-3-1-2-4-8-17/h5-6,9H,1-4,7-8,10H2,(H,20,23)(H,21,25). The van der Waals surface area contributed by atoms with E-state index in [-0.39, 0.29) is 16.6 Å². The number of urea groups is 1. The summed E-state index contributed by atoms with van der Waals surface area (Å²) in [5, 5.41) is 5.38. The van der Waals surface area contributed by atoms with Crippen molar-refractivity contribution in [3.05, 3.63) is 29.0 Å². The van der Waals surface area contributed by atoms with Gasteiger partial charge in [-0.15, -0.1) is 0 Å². The molecule has 2 N–H and O–H groups in total. The van der Waals surface area contributed by atoms with Crippen molar-refractivity contribution in [2.45, 2.75) is 44.1 Å². The first-order chi connectivity index (χ1) is 11.9. The zero-order valence-corrected chi connectivity index (χ0v) is 14.4. The number of halogens is 2. The molecule has 4 amide bonds. The van der Waals surface area contributed by atoms with E-state index in [1.54, 1.807) is 0 Å². The molecule has 3 rings (SSSR count). The monoisotopic (exact) mass is 367 g/mol. The number of imide groups is 1. The summed E-state index contributed by atoms with van der Waals surface area (Å²) in [6.07, 6.45) is 4.94. The lowest BCUT2D eigenvalue weighted by atomic mass is 9.90. The van der Waals surface area contributed by atoms with Crippen molar-refractivity contribution in [2.24, 2.45) is 0 Å². The van der Waals surface area contributed by atoms with Gasteiger partial charge in [-0.25, -0.2) is 9.18 Å². The van der Waals surface area contributed by atoms with Gasteiger partial charge in [0.05, 0.1) is 5.69 Å². The number of carbonyl (C=O) groups is 3. The summed E-state index contributed by atoms with van der Waals surface area (Å²) in [5.41, 5.74) is -0.983. The van der Waals surface area contributed by atoms with Crippen molar-refractivity contribution in [3.8, 4) is 0 Å². The Morgan fingerprint density at radius 1 is 1.24 bits per heavy atom. The number of hydrogen-bond donors (Lipinski definition) is 2. The van der Waals surface area contributed by atoms with Gasteiger partial charge in [0.2, 0.25) is 5.91 Å². The molecule has 0 atom stereocenters. The maximum Gasteiger partial charge on any atom is 0.325 e. The van der Waals surface area contributed by atoms with Crippen molar-refractivity contribution in [2.75, 3.05) is 11.9 Å². The van der Waals surface area contributed by atoms with E-state index in [1.165, 1.54) is 12.1 Å². The lowest BCUT2D eigenvalue weighted by Crippen LogP contribution is -2.47. The van der Waals surface area contributed by atoms with E-state index in [9.17, 15) is 18.8 Å². The molecule has 8 heteroatoms. The number of hydrogen-bond acceptors (Lipinski definition) is 3. The average Bonchev–Trinajstić information content (AvgIpc) is 2.74. The molecule has 1 spiro atoms. The van der Waals surface area contributed by atoms with Crippen LogP contribution in [-0.4, -0.2) is 34.8 Å². The fourth-order valence-electron chi connectivity index (χ4n) is 3.42. The minimum atomic E-state index is -0.894. The summed E-state index contributed by atoms with van der Waals surface area (Å²) >= 11 is 5.78. The second-order valence-corrected chi connectivity index (χ2v) is 6.93. The van der Waals surface area contributed by atoms with Gasteiger partial charge in [-0.3, -0.25) is 14.5 Å². The van der Waals surface area contributed by atoms with Gasteiger partial charge in [-0.05, 0) is 31.0 Å². The third-order valence-corrected chi connectivity index (χ3v) is 4.94. The SMILES string of the molecule is O=C(CN1C(=O)NC2(CCCCCC2)C1=O)Nc1cc(Cl)ccc1F. The summed E-state index contributed by atoms with van der Waals surface area (Å²) in [6, 6.07) is 3.19. The summed E-state index contributed by atoms with van der Waals surface area (Å²) < 4.78 is 13.7. The first-order valence-electron chi connectivity index (χ1n) is 8.30. The van der Waals surface area contributed by atoms with Crippen LogP contribution in [0.15, 0.2) is 18.2 Å². The van der Waals surface area contributed by atoms with Crippen LogP contribution in [-0.2, 0) is 9.59 Å². The number of carbonyl (C=O) groups excluding carboxylic acids is 3. The minimum absolute atomic E-state index is 0.0891. The van der Waals surface area contributed by atoms with Crippen molar-refractivity contribution < 1.29 is 18.8 Å². The minimum Gasteiger partial charge on any atom is -0.323 e. The fourth-order valence-corrected chi connectivity index (χ4v) is 3.59. The Morgan fingerprint density at radius 2 is 1.92 bits per heavy atom. The van der Waals surface area contributed by atoms with Crippen molar-refractivity contribution in [1.82, 2.24) is 10.2 Å². The van der Waals surface area contributed by atoms with Gasteiger partial charge in [0.15, 0.2) is 0 Å². The number of anilines is 1. The molecule has 1 saturated heterocycles. The fraction of sp³-hybridized carbons (Fsp3) is 0.471. The number of nitrogens with one attached hydrogen (secondary N) is 2. The van der Waals surface area contributed by atoms with E-state index in [0.29, 0.717) is 12.8 Å². The largest absolute Gasteiger partial charge is 0.325 e. The third kappa shape index (κ3) is 3.61. The quantitative estimate of drug-likeness (QED) is 0.806. The maximum absolute atomic E-state index is 13.7. The second kappa shape index (κ2) is 7.00. The highest BCUT2D eigenvalue weighted by atomic mass is 35.5. The van der Waals surface area contributed by atoms with Gasteiger partial charge in [0.25, 0.3) is 5.91 Å². The average molecular weight is 368 g/mol. The molecular formula is C17H19ClFN3O3. The van der Waals surface area contributed by atoms with Gasteiger partial charge in [0.1, 0.15) is 17.9 Å². The van der Waals surface area contributed by atoms with Crippen LogP contribution in [0.4, 0.5) is 14.9 Å². The normalized spacial score (nSPS) is 19.7. The Hall–Kier alpha value is -2.15. The van der Waals surface area contributed by atoms with Crippen LogP contribution in [0.3, 0.4) is 0 Å². The van der Waals surface area contributed by atoms with Crippen LogP contribution in [0.1, 0.15) is 38.5 Å². The van der Waals surface area contributed by atoms with Crippen LogP contribution in [0.25, 0.3) is 0 Å². The molecule has 2 aliphatic rings. The predicted molar refractivity (Wildman–Crippen MR) is 90.7 cm³/mol. The summed E-state index contributed by atoms with van der Waals surface area (Å²) in [5.74, 6) is -1.67. The van der Waals surface area contributed by atoms with Crippen molar-refractivity contribution in [3.63, 3.8) is 0 Å². The maximum atomic E-state index is 13.7. The molecule has 0 radical (unpaired) electrons. The summed E-state index contributed by atoms with van der Waals surface area (Å²) in [4.78, 5) is 38.0. The number of benzene rings is 1. The Morgan fingerprint density at radius 3 is 2.60 bits per heavy atom. The van der Waals surface area contributed by atoms with Crippen LogP contribution in [0, 0.1) is 5.82 Å². The van der Waals surface area contributed by atoms with Gasteiger partial charge in [-0.1, -0.05) is 37.3 Å². The zero-order valence-electron chi connectivity index (χ0n) is 13.6. The third-order valence-electron chi connectivity index (χ3n) is 4.71. The summed E-state index contributed by atoms with van der Waals surface area (Å²) in [6.45, 7) is -0.460. The molecule has 1 aromatic carbocycles. The van der Waals surface area contributed by atoms with Crippen molar-refractivity contribution in [1.29, 1.82) is 0 Å². The Bertz CT molecular complexity index is 717. The van der Waals surface area contributed by atoms with Crippen LogP contribution in [0.5, 0.6) is 0 Å². The Kier molecular flexibility index (Phi) is 4.94. The summed E-state index contributed by atoms with van der Waals surface area (Å²) in [7, 11) is 0. The van der Waals surface area contributed by atoms with E-state index in [1.807, 2.05) is 0 Å². The molecule has 1 heterocycles. The first-order valence-corrected chi connectivity index (χ1v) is 8.68. The van der Waals surface area contributed by atoms with Gasteiger partial charge >= 0.3 is 6.03 Å². The molecule has 1 aliphatic carbocycles. The highest BCUT2D eigenvalue weighted by molar-refractivity contribution is 6.30. The number of amides is 4. The molecular weight excluding hydrogens is 349 g/mol. The molecule has 6 nitrogen and oxygen atoms in total. The highest BCUT2D eigenvalue weighted by Gasteiger charge is 2.51. The van der Waals surface area contributed by atoms with E-state index < -0.39 is 29.8 Å². The van der Waals surface area contributed by atoms with Crippen molar-refractivity contribution >= 4 is 35.1 Å². The van der Waals surface area contributed by atoms with E-state index in [4.69, 9.17) is 11.6 Å². The molecule has 134 valence electrons. The molecule has 1 aliphatic heterocycles. The smallest absolute Gasteiger partial charge is 0.323 e. The molecule has 25 heavy (non-hydrogen) atoms. The van der Waals surface area contributed by atoms with E-state index in [0.717, 1.165) is 36.6 Å². The lowest BCUT2D eigenvalue weighted by molar-refractivity contribution is -0.134. The molecule has 2 fully saturated rings. The van der Waals surface area contributed by atoms with Crippen LogP contribution < -0.4 is 10.6 Å². The second-order valence-electron chi connectivity index (χ2n) is 6.49. The van der Waals surface area contributed by atoms with E-state index in [2.05, 4.69) is 10.6 Å². The lowest BCUT2D eigenvalue weighted by Gasteiger charge is -2.24. The van der Waals surface area contributed by atoms with Gasteiger partial charge in [-0.2, -0.15) is 0 Å². The van der Waals surface area contributed by atoms with Gasteiger partial charge < -0.3 is 10.6 Å². The predicted octanol–water partition coefficient (Wildman–Crippen LogP) is 3.06. The van der Waals surface area contributed by atoms with Crippen LogP contribution >= 0.6 is 11.6 Å². The molecule has 0 aromatic heterocycles. The zero-order chi connectivity index (χ0) is 18.0.